The third kappa shape index (κ3) is 6.40. The van der Waals surface area contributed by atoms with E-state index in [0.717, 1.165) is 24.8 Å². The van der Waals surface area contributed by atoms with Crippen molar-refractivity contribution in [3.63, 3.8) is 0 Å². The highest BCUT2D eigenvalue weighted by molar-refractivity contribution is 6.30. The first-order chi connectivity index (χ1) is 18.9. The van der Waals surface area contributed by atoms with Crippen molar-refractivity contribution in [1.29, 1.82) is 0 Å². The number of unbranched alkanes of at least 4 members (excludes halogenated alkanes) is 8. The maximum atomic E-state index is 14.0. The number of halogens is 1. The van der Waals surface area contributed by atoms with Gasteiger partial charge in [-0.1, -0.05) is 114 Å². The first kappa shape index (κ1) is 29.3. The number of benzene rings is 2. The Morgan fingerprint density at radius 1 is 0.795 bits per heavy atom. The van der Waals surface area contributed by atoms with Gasteiger partial charge in [-0.15, -0.1) is 0 Å². The fourth-order valence-corrected chi connectivity index (χ4v) is 6.69. The Morgan fingerprint density at radius 2 is 1.36 bits per heavy atom. The van der Waals surface area contributed by atoms with E-state index in [2.05, 4.69) is 6.92 Å². The minimum absolute atomic E-state index is 0.0225. The number of carbonyl (C=O) groups is 3. The molecule has 4 atom stereocenters. The Hall–Kier alpha value is -2.66. The smallest absolute Gasteiger partial charge is 0.240 e. The van der Waals surface area contributed by atoms with Gasteiger partial charge in [0.25, 0.3) is 0 Å². The van der Waals surface area contributed by atoms with Gasteiger partial charge in [0.2, 0.25) is 17.7 Å². The minimum atomic E-state index is -0.613. The summed E-state index contributed by atoms with van der Waals surface area (Å²) < 4.78 is 0. The summed E-state index contributed by atoms with van der Waals surface area (Å²) in [5.74, 6) is -1.54. The van der Waals surface area contributed by atoms with E-state index in [9.17, 15) is 14.4 Å². The van der Waals surface area contributed by atoms with Gasteiger partial charge in [0.05, 0.1) is 23.6 Å². The summed E-state index contributed by atoms with van der Waals surface area (Å²) in [6.07, 6.45) is 11.1. The fraction of sp³-hybridized carbons (Fsp3) is 0.545. The van der Waals surface area contributed by atoms with E-state index in [-0.39, 0.29) is 29.7 Å². The molecular weight excluding hydrogens is 508 g/mol. The third-order valence-electron chi connectivity index (χ3n) is 8.42. The Labute approximate surface area is 238 Å². The lowest BCUT2D eigenvalue weighted by molar-refractivity contribution is -0.137. The van der Waals surface area contributed by atoms with Gasteiger partial charge >= 0.3 is 0 Å². The molecule has 0 saturated carbocycles. The first-order valence-electron chi connectivity index (χ1n) is 14.9. The highest BCUT2D eigenvalue weighted by Gasteiger charge is 2.64. The lowest BCUT2D eigenvalue weighted by Crippen LogP contribution is -2.47. The Kier molecular flexibility index (Phi) is 10.2. The highest BCUT2D eigenvalue weighted by Crippen LogP contribution is 2.52. The molecule has 0 spiro atoms. The number of imide groups is 1. The normalized spacial score (nSPS) is 22.7. The molecular formula is C33H43ClN2O3. The molecule has 4 unspecified atom stereocenters. The molecule has 2 heterocycles. The van der Waals surface area contributed by atoms with Crippen LogP contribution in [0.25, 0.3) is 0 Å². The van der Waals surface area contributed by atoms with Gasteiger partial charge in [-0.05, 0) is 42.2 Å². The molecule has 2 aromatic rings. The second-order valence-electron chi connectivity index (χ2n) is 11.5. The molecule has 2 aliphatic heterocycles. The van der Waals surface area contributed by atoms with E-state index in [1.807, 2.05) is 49.1 Å². The fourth-order valence-electron chi connectivity index (χ4n) is 6.57. The molecule has 2 aliphatic rings. The van der Waals surface area contributed by atoms with E-state index in [1.165, 1.54) is 43.4 Å². The maximum Gasteiger partial charge on any atom is 0.240 e. The van der Waals surface area contributed by atoms with Crippen LogP contribution in [-0.2, 0) is 14.4 Å². The largest absolute Gasteiger partial charge is 0.331 e. The van der Waals surface area contributed by atoms with Crippen LogP contribution >= 0.6 is 11.6 Å². The summed E-state index contributed by atoms with van der Waals surface area (Å²) in [4.78, 5) is 45.0. The monoisotopic (exact) mass is 550 g/mol. The number of hydrogen-bond acceptors (Lipinski definition) is 3. The van der Waals surface area contributed by atoms with Gasteiger partial charge in [0.15, 0.2) is 0 Å². The second kappa shape index (κ2) is 13.6. The SMILES string of the molecule is CCCCCCCCCCCC(=O)N1C(c2ccc(Cl)cc2)C2C(=O)N(c3ccccc3)C(=O)C2C1C(C)C. The molecule has 4 rings (SSSR count). The minimum Gasteiger partial charge on any atom is -0.331 e. The van der Waals surface area contributed by atoms with Crippen LogP contribution in [0, 0.1) is 17.8 Å². The van der Waals surface area contributed by atoms with Crippen LogP contribution in [-0.4, -0.2) is 28.7 Å². The maximum absolute atomic E-state index is 14.0. The molecule has 6 heteroatoms. The molecule has 210 valence electrons. The van der Waals surface area contributed by atoms with Gasteiger partial charge in [0.1, 0.15) is 0 Å². The zero-order valence-corrected chi connectivity index (χ0v) is 24.4. The molecule has 39 heavy (non-hydrogen) atoms. The second-order valence-corrected chi connectivity index (χ2v) is 11.9. The molecule has 0 N–H and O–H groups in total. The molecule has 0 aromatic heterocycles. The van der Waals surface area contributed by atoms with Gasteiger partial charge in [-0.3, -0.25) is 14.4 Å². The quantitative estimate of drug-likeness (QED) is 0.188. The van der Waals surface area contributed by atoms with Crippen molar-refractivity contribution in [3.05, 3.63) is 65.2 Å². The van der Waals surface area contributed by atoms with E-state index in [0.29, 0.717) is 17.1 Å². The summed E-state index contributed by atoms with van der Waals surface area (Å²) in [7, 11) is 0. The highest BCUT2D eigenvalue weighted by atomic mass is 35.5. The number of hydrogen-bond donors (Lipinski definition) is 0. The molecule has 2 fully saturated rings. The predicted octanol–water partition coefficient (Wildman–Crippen LogP) is 7.97. The van der Waals surface area contributed by atoms with Crippen LogP contribution < -0.4 is 4.90 Å². The molecule has 5 nitrogen and oxygen atoms in total. The predicted molar refractivity (Wildman–Crippen MR) is 157 cm³/mol. The van der Waals surface area contributed by atoms with Crippen molar-refractivity contribution in [2.75, 3.05) is 4.90 Å². The summed E-state index contributed by atoms with van der Waals surface area (Å²) >= 11 is 6.20. The summed E-state index contributed by atoms with van der Waals surface area (Å²) in [6.45, 7) is 6.33. The number of rotatable bonds is 13. The van der Waals surface area contributed by atoms with Crippen molar-refractivity contribution in [3.8, 4) is 0 Å². The zero-order chi connectivity index (χ0) is 27.9. The van der Waals surface area contributed by atoms with Crippen LogP contribution in [0.2, 0.25) is 5.02 Å². The average molecular weight is 551 g/mol. The lowest BCUT2D eigenvalue weighted by Gasteiger charge is -2.36. The summed E-state index contributed by atoms with van der Waals surface area (Å²) in [5, 5.41) is 0.598. The van der Waals surface area contributed by atoms with Crippen molar-refractivity contribution >= 4 is 35.0 Å². The van der Waals surface area contributed by atoms with Gasteiger partial charge < -0.3 is 4.90 Å². The number of para-hydroxylation sites is 1. The van der Waals surface area contributed by atoms with Crippen molar-refractivity contribution in [2.45, 2.75) is 97.1 Å². The molecule has 0 bridgehead atoms. The van der Waals surface area contributed by atoms with E-state index >= 15 is 0 Å². The van der Waals surface area contributed by atoms with Crippen LogP contribution in [0.15, 0.2) is 54.6 Å². The molecule has 0 radical (unpaired) electrons. The van der Waals surface area contributed by atoms with Crippen LogP contribution in [0.4, 0.5) is 5.69 Å². The van der Waals surface area contributed by atoms with E-state index < -0.39 is 17.9 Å². The van der Waals surface area contributed by atoms with Gasteiger partial charge in [-0.25, -0.2) is 4.90 Å². The van der Waals surface area contributed by atoms with Crippen molar-refractivity contribution in [1.82, 2.24) is 4.90 Å². The Bertz CT molecular complexity index is 1120. The number of amides is 3. The number of nitrogens with zero attached hydrogens (tertiary/aromatic N) is 2. The third-order valence-corrected chi connectivity index (χ3v) is 8.67. The van der Waals surface area contributed by atoms with Crippen LogP contribution in [0.3, 0.4) is 0 Å². The van der Waals surface area contributed by atoms with E-state index in [4.69, 9.17) is 11.6 Å². The van der Waals surface area contributed by atoms with Gasteiger partial charge in [-0.2, -0.15) is 0 Å². The first-order valence-corrected chi connectivity index (χ1v) is 15.2. The lowest BCUT2D eigenvalue weighted by atomic mass is 9.83. The van der Waals surface area contributed by atoms with Gasteiger partial charge in [0, 0.05) is 17.5 Å². The topological polar surface area (TPSA) is 57.7 Å². The molecule has 0 aliphatic carbocycles. The Balaban J connectivity index is 1.54. The average Bonchev–Trinajstić information content (AvgIpc) is 3.41. The van der Waals surface area contributed by atoms with Crippen LogP contribution in [0.5, 0.6) is 0 Å². The number of carbonyl (C=O) groups excluding carboxylic acids is 3. The van der Waals surface area contributed by atoms with Crippen LogP contribution in [0.1, 0.15) is 96.6 Å². The number of likely N-dealkylation sites (tertiary alicyclic amines) is 1. The number of fused-ring (bicyclic) bond motifs is 1. The van der Waals surface area contributed by atoms with Crippen molar-refractivity contribution in [2.24, 2.45) is 17.8 Å². The molecule has 2 saturated heterocycles. The Morgan fingerprint density at radius 3 is 1.95 bits per heavy atom. The number of anilines is 1. The summed E-state index contributed by atoms with van der Waals surface area (Å²) in [5.41, 5.74) is 1.45. The molecule has 2 aromatic carbocycles. The standard InChI is InChI=1S/C33H43ClN2O3/c1-4-5-6-7-8-9-10-11-15-18-27(37)36-30(23(2)3)28-29(31(36)24-19-21-25(34)22-20-24)33(39)35(32(28)38)26-16-13-12-14-17-26/h12-14,16-17,19-23,28-31H,4-11,15,18H2,1-3H3. The van der Waals surface area contributed by atoms with E-state index in [1.54, 1.807) is 24.3 Å². The summed E-state index contributed by atoms with van der Waals surface area (Å²) in [6, 6.07) is 15.7. The molecule has 3 amide bonds. The zero-order valence-electron chi connectivity index (χ0n) is 23.7. The van der Waals surface area contributed by atoms with Crippen molar-refractivity contribution < 1.29 is 14.4 Å².